The van der Waals surface area contributed by atoms with Gasteiger partial charge in [-0.15, -0.1) is 0 Å². The second kappa shape index (κ2) is 7.69. The number of fused-ring (bicyclic) bond motifs is 3. The Kier molecular flexibility index (Phi) is 5.17. The second-order valence-corrected chi connectivity index (χ2v) is 5.84. The highest BCUT2D eigenvalue weighted by Crippen LogP contribution is 2.38. The molecule has 1 aliphatic carbocycles. The van der Waals surface area contributed by atoms with Crippen LogP contribution in [-0.2, 0) is 32.2 Å². The van der Waals surface area contributed by atoms with Crippen molar-refractivity contribution in [2.45, 2.75) is 25.9 Å². The van der Waals surface area contributed by atoms with Gasteiger partial charge in [0, 0.05) is 6.42 Å². The highest BCUT2D eigenvalue weighted by Gasteiger charge is 2.21. The molecule has 26 heavy (non-hydrogen) atoms. The third-order valence-electron chi connectivity index (χ3n) is 4.11. The maximum atomic E-state index is 11.6. The second-order valence-electron chi connectivity index (χ2n) is 5.84. The van der Waals surface area contributed by atoms with Gasteiger partial charge in [0.25, 0.3) is 5.91 Å². The van der Waals surface area contributed by atoms with E-state index in [2.05, 4.69) is 17.0 Å². The Hall–Kier alpha value is -3.35. The summed E-state index contributed by atoms with van der Waals surface area (Å²) in [5, 5.41) is 8.48. The van der Waals surface area contributed by atoms with Crippen LogP contribution < -0.4 is 5.48 Å². The monoisotopic (exact) mass is 355 g/mol. The Bertz CT molecular complexity index is 861. The lowest BCUT2D eigenvalue weighted by atomic mass is 10.0. The van der Waals surface area contributed by atoms with Gasteiger partial charge in [-0.05, 0) is 34.2 Å². The van der Waals surface area contributed by atoms with Crippen molar-refractivity contribution in [1.82, 2.24) is 5.48 Å². The van der Waals surface area contributed by atoms with E-state index in [1.54, 1.807) is 0 Å². The van der Waals surface area contributed by atoms with Gasteiger partial charge in [0.05, 0.1) is 6.42 Å². The number of carbonyl (C=O) groups is 3. The van der Waals surface area contributed by atoms with E-state index < -0.39 is 18.0 Å². The van der Waals surface area contributed by atoms with Crippen molar-refractivity contribution in [3.8, 4) is 11.1 Å². The van der Waals surface area contributed by atoms with Crippen LogP contribution in [0.15, 0.2) is 42.5 Å². The molecule has 3 rings (SSSR count). The van der Waals surface area contributed by atoms with Crippen molar-refractivity contribution in [2.24, 2.45) is 0 Å². The van der Waals surface area contributed by atoms with Crippen LogP contribution in [0.4, 0.5) is 4.79 Å². The summed E-state index contributed by atoms with van der Waals surface area (Å²) in [5.74, 6) is -1.82. The van der Waals surface area contributed by atoms with E-state index >= 15 is 0 Å². The number of rotatable bonds is 5. The number of nitrogens with one attached hydrogen (secondary N) is 1. The number of amides is 1. The van der Waals surface area contributed by atoms with E-state index in [-0.39, 0.29) is 19.4 Å². The number of carboxylic acid groups (broad SMARTS) is 1. The summed E-state index contributed by atoms with van der Waals surface area (Å²) >= 11 is 0. The molecule has 0 aromatic heterocycles. The van der Waals surface area contributed by atoms with Crippen molar-refractivity contribution in [2.75, 3.05) is 0 Å². The molecule has 2 aromatic rings. The predicted molar refractivity (Wildman–Crippen MR) is 91.0 cm³/mol. The first-order chi connectivity index (χ1) is 12.5. The lowest BCUT2D eigenvalue weighted by molar-refractivity contribution is -0.140. The zero-order chi connectivity index (χ0) is 18.5. The Morgan fingerprint density at radius 2 is 1.77 bits per heavy atom. The van der Waals surface area contributed by atoms with E-state index in [1.165, 1.54) is 11.1 Å². The van der Waals surface area contributed by atoms with Gasteiger partial charge in [0.1, 0.15) is 6.61 Å². The molecule has 0 atom stereocenters. The van der Waals surface area contributed by atoms with E-state index in [9.17, 15) is 14.4 Å². The van der Waals surface area contributed by atoms with Crippen LogP contribution in [0.25, 0.3) is 11.1 Å². The minimum atomic E-state index is -1.11. The van der Waals surface area contributed by atoms with Crippen LogP contribution >= 0.6 is 0 Å². The summed E-state index contributed by atoms with van der Waals surface area (Å²) in [6, 6.07) is 13.9. The molecule has 134 valence electrons. The quantitative estimate of drug-likeness (QED) is 0.539. The van der Waals surface area contributed by atoms with Gasteiger partial charge < -0.3 is 14.7 Å². The predicted octanol–water partition coefficient (Wildman–Crippen LogP) is 2.81. The van der Waals surface area contributed by atoms with Gasteiger partial charge in [-0.25, -0.2) is 4.79 Å². The molecule has 0 unspecified atom stereocenters. The molecule has 1 aliphatic rings. The number of benzene rings is 2. The molecular weight excluding hydrogens is 338 g/mol. The third-order valence-corrected chi connectivity index (χ3v) is 4.11. The van der Waals surface area contributed by atoms with Crippen molar-refractivity contribution >= 4 is 18.0 Å². The molecule has 0 aliphatic heterocycles. The SMILES string of the molecule is O=C(O)CCC(=O)NOC(=O)OCc1cccc2c1Cc1ccccc1-2. The summed E-state index contributed by atoms with van der Waals surface area (Å²) in [6.07, 6.45) is -0.915. The van der Waals surface area contributed by atoms with Gasteiger partial charge in [-0.3, -0.25) is 9.59 Å². The minimum Gasteiger partial charge on any atom is -0.481 e. The molecular formula is C19H17NO6. The average molecular weight is 355 g/mol. The first kappa shape index (κ1) is 17.5. The molecule has 0 saturated heterocycles. The summed E-state index contributed by atoms with van der Waals surface area (Å²) in [7, 11) is 0. The Balaban J connectivity index is 1.54. The molecule has 1 amide bonds. The smallest absolute Gasteiger partial charge is 0.481 e. The normalized spacial score (nSPS) is 11.2. The fraction of sp³-hybridized carbons (Fsp3) is 0.211. The van der Waals surface area contributed by atoms with E-state index in [0.29, 0.717) is 0 Å². The minimum absolute atomic E-state index is 0.0149. The average Bonchev–Trinajstić information content (AvgIpc) is 3.02. The van der Waals surface area contributed by atoms with Crippen molar-refractivity contribution in [3.63, 3.8) is 0 Å². The lowest BCUT2D eigenvalue weighted by Gasteiger charge is -2.10. The number of hydrogen-bond acceptors (Lipinski definition) is 5. The van der Waals surface area contributed by atoms with Crippen LogP contribution in [0.2, 0.25) is 0 Å². The summed E-state index contributed by atoms with van der Waals surface area (Å²) < 4.78 is 5.04. The number of aliphatic carboxylic acids is 1. The zero-order valence-corrected chi connectivity index (χ0v) is 13.9. The number of carboxylic acids is 1. The van der Waals surface area contributed by atoms with Gasteiger partial charge >= 0.3 is 12.1 Å². The molecule has 0 spiro atoms. The number of carbonyl (C=O) groups excluding carboxylic acids is 2. The van der Waals surface area contributed by atoms with Gasteiger partial charge in [0.15, 0.2) is 0 Å². The van der Waals surface area contributed by atoms with Crippen LogP contribution in [0.3, 0.4) is 0 Å². The molecule has 0 bridgehead atoms. The van der Waals surface area contributed by atoms with E-state index in [4.69, 9.17) is 9.84 Å². The van der Waals surface area contributed by atoms with Crippen molar-refractivity contribution in [1.29, 1.82) is 0 Å². The Labute approximate surface area is 149 Å². The lowest BCUT2D eigenvalue weighted by Crippen LogP contribution is -2.27. The van der Waals surface area contributed by atoms with Crippen molar-refractivity contribution in [3.05, 3.63) is 59.2 Å². The maximum Gasteiger partial charge on any atom is 0.533 e. The first-order valence-electron chi connectivity index (χ1n) is 8.08. The molecule has 7 heteroatoms. The van der Waals surface area contributed by atoms with Crippen molar-refractivity contribution < 1.29 is 29.1 Å². The fourth-order valence-corrected chi connectivity index (χ4v) is 2.89. The molecule has 0 fully saturated rings. The number of hydrogen-bond donors (Lipinski definition) is 2. The van der Waals surface area contributed by atoms with Crippen LogP contribution in [0.5, 0.6) is 0 Å². The van der Waals surface area contributed by atoms with Gasteiger partial charge in [0.2, 0.25) is 0 Å². The van der Waals surface area contributed by atoms with Gasteiger partial charge in [-0.2, -0.15) is 5.48 Å². The molecule has 2 N–H and O–H groups in total. The number of ether oxygens (including phenoxy) is 1. The molecule has 7 nitrogen and oxygen atoms in total. The fourth-order valence-electron chi connectivity index (χ4n) is 2.89. The highest BCUT2D eigenvalue weighted by molar-refractivity contribution is 5.81. The largest absolute Gasteiger partial charge is 0.533 e. The molecule has 0 radical (unpaired) electrons. The molecule has 0 heterocycles. The van der Waals surface area contributed by atoms with Crippen LogP contribution in [0.1, 0.15) is 29.5 Å². The van der Waals surface area contributed by atoms with Crippen LogP contribution in [-0.4, -0.2) is 23.1 Å². The molecule has 0 saturated carbocycles. The highest BCUT2D eigenvalue weighted by atomic mass is 16.8. The summed E-state index contributed by atoms with van der Waals surface area (Å²) in [4.78, 5) is 37.7. The van der Waals surface area contributed by atoms with Gasteiger partial charge in [-0.1, -0.05) is 42.5 Å². The first-order valence-corrected chi connectivity index (χ1v) is 8.08. The Morgan fingerprint density at radius 1 is 1.00 bits per heavy atom. The zero-order valence-electron chi connectivity index (χ0n) is 13.9. The van der Waals surface area contributed by atoms with E-state index in [1.807, 2.05) is 35.8 Å². The summed E-state index contributed by atoms with van der Waals surface area (Å²) in [5.41, 5.74) is 7.36. The number of hydroxylamine groups is 1. The Morgan fingerprint density at radius 3 is 2.58 bits per heavy atom. The standard InChI is InChI=1S/C19H17NO6/c21-17(8-9-18(22)23)20-26-19(24)25-11-13-5-3-7-15-14-6-2-1-4-12(14)10-16(13)15/h1-7H,8-11H2,(H,20,21)(H,22,23). The summed E-state index contributed by atoms with van der Waals surface area (Å²) in [6.45, 7) is 0.0149. The topological polar surface area (TPSA) is 102 Å². The third kappa shape index (κ3) is 4.00. The molecule has 2 aromatic carbocycles. The van der Waals surface area contributed by atoms with Crippen LogP contribution in [0, 0.1) is 0 Å². The maximum absolute atomic E-state index is 11.6. The van der Waals surface area contributed by atoms with E-state index in [0.717, 1.165) is 23.1 Å².